The summed E-state index contributed by atoms with van der Waals surface area (Å²) in [5.74, 6) is -0.923. The van der Waals surface area contributed by atoms with Gasteiger partial charge in [-0.15, -0.1) is 0 Å². The molecule has 0 radical (unpaired) electrons. The summed E-state index contributed by atoms with van der Waals surface area (Å²) in [7, 11) is -7.64. The normalized spacial score (nSPS) is 15.5. The Hall–Kier alpha value is -2.43. The van der Waals surface area contributed by atoms with Crippen LogP contribution in [0.2, 0.25) is 0 Å². The lowest BCUT2D eigenvalue weighted by atomic mass is 10.1. The predicted molar refractivity (Wildman–Crippen MR) is 117 cm³/mol. The highest BCUT2D eigenvalue weighted by Crippen LogP contribution is 2.27. The van der Waals surface area contributed by atoms with Crippen LogP contribution in [0.4, 0.5) is 5.69 Å². The van der Waals surface area contributed by atoms with Gasteiger partial charge in [-0.25, -0.2) is 16.8 Å². The molecule has 1 aliphatic heterocycles. The number of carboxylic acid groups (broad SMARTS) is 1. The maximum atomic E-state index is 13.0. The van der Waals surface area contributed by atoms with Gasteiger partial charge in [0.2, 0.25) is 10.0 Å². The molecule has 2 aromatic carbocycles. The summed E-state index contributed by atoms with van der Waals surface area (Å²) in [6.07, 6.45) is 2.89. The molecule has 0 aromatic heterocycles. The molecule has 10 heteroatoms. The molecule has 0 spiro atoms. The third kappa shape index (κ3) is 5.63. The molecule has 1 saturated heterocycles. The average Bonchev–Trinajstić information content (AvgIpc) is 2.74. The Morgan fingerprint density at radius 1 is 1.00 bits per heavy atom. The first-order chi connectivity index (χ1) is 14.6. The van der Waals surface area contributed by atoms with Gasteiger partial charge in [0, 0.05) is 19.5 Å². The number of benzene rings is 2. The Balaban J connectivity index is 1.82. The molecule has 0 saturated carbocycles. The second kappa shape index (κ2) is 9.37. The van der Waals surface area contributed by atoms with E-state index in [-0.39, 0.29) is 21.9 Å². The van der Waals surface area contributed by atoms with Crippen molar-refractivity contribution >= 4 is 31.7 Å². The van der Waals surface area contributed by atoms with Gasteiger partial charge in [0.15, 0.2) is 0 Å². The number of piperidine rings is 1. The first-order valence-corrected chi connectivity index (χ1v) is 13.0. The van der Waals surface area contributed by atoms with E-state index in [1.165, 1.54) is 28.6 Å². The Morgan fingerprint density at radius 3 is 2.26 bits per heavy atom. The number of sulfonamides is 2. The molecule has 0 aliphatic carbocycles. The molecule has 1 fully saturated rings. The molecular weight excluding hydrogens is 440 g/mol. The van der Waals surface area contributed by atoms with Crippen molar-refractivity contribution in [1.29, 1.82) is 0 Å². The lowest BCUT2D eigenvalue weighted by molar-refractivity contribution is -0.136. The largest absolute Gasteiger partial charge is 0.481 e. The van der Waals surface area contributed by atoms with E-state index in [0.717, 1.165) is 19.3 Å². The third-order valence-corrected chi connectivity index (χ3v) is 8.67. The van der Waals surface area contributed by atoms with E-state index in [1.54, 1.807) is 25.1 Å². The molecule has 0 bridgehead atoms. The van der Waals surface area contributed by atoms with Crippen LogP contribution < -0.4 is 4.72 Å². The van der Waals surface area contributed by atoms with E-state index in [1.807, 2.05) is 0 Å². The van der Waals surface area contributed by atoms with Crippen LogP contribution in [0.15, 0.2) is 52.3 Å². The van der Waals surface area contributed by atoms with Crippen LogP contribution in [0.5, 0.6) is 0 Å². The molecular formula is C21H26N2O6S2. The number of nitrogens with one attached hydrogen (secondary N) is 1. The molecule has 1 aliphatic rings. The predicted octanol–water partition coefficient (Wildman–Crippen LogP) is 2.99. The van der Waals surface area contributed by atoms with Crippen molar-refractivity contribution in [2.45, 2.75) is 48.8 Å². The fourth-order valence-corrected chi connectivity index (χ4v) is 6.30. The minimum Gasteiger partial charge on any atom is -0.481 e. The van der Waals surface area contributed by atoms with Gasteiger partial charge in [0.05, 0.1) is 15.5 Å². The molecule has 31 heavy (non-hydrogen) atoms. The van der Waals surface area contributed by atoms with Gasteiger partial charge >= 0.3 is 5.97 Å². The zero-order chi connectivity index (χ0) is 22.6. The highest BCUT2D eigenvalue weighted by molar-refractivity contribution is 7.92. The Morgan fingerprint density at radius 2 is 1.65 bits per heavy atom. The van der Waals surface area contributed by atoms with Gasteiger partial charge in [-0.3, -0.25) is 9.52 Å². The van der Waals surface area contributed by atoms with Crippen molar-refractivity contribution in [2.75, 3.05) is 17.8 Å². The SMILES string of the molecule is Cc1ccc(NS(=O)(=O)c2ccc(CCC(=O)O)cc2)cc1S(=O)(=O)N1CCCCC1. The second-order valence-electron chi connectivity index (χ2n) is 7.59. The van der Waals surface area contributed by atoms with Gasteiger partial charge in [-0.1, -0.05) is 24.6 Å². The van der Waals surface area contributed by atoms with Crippen LogP contribution >= 0.6 is 0 Å². The quantitative estimate of drug-likeness (QED) is 0.617. The summed E-state index contributed by atoms with van der Waals surface area (Å²) in [6.45, 7) is 2.61. The number of nitrogens with zero attached hydrogens (tertiary/aromatic N) is 1. The molecule has 168 valence electrons. The zero-order valence-electron chi connectivity index (χ0n) is 17.2. The van der Waals surface area contributed by atoms with Crippen molar-refractivity contribution < 1.29 is 26.7 Å². The summed E-state index contributed by atoms with van der Waals surface area (Å²) in [4.78, 5) is 10.8. The molecule has 0 amide bonds. The summed E-state index contributed by atoms with van der Waals surface area (Å²) in [6, 6.07) is 10.4. The van der Waals surface area contributed by atoms with E-state index in [4.69, 9.17) is 5.11 Å². The van der Waals surface area contributed by atoms with Gasteiger partial charge in [-0.05, 0) is 61.6 Å². The lowest BCUT2D eigenvalue weighted by Gasteiger charge is -2.26. The van der Waals surface area contributed by atoms with Gasteiger partial charge in [-0.2, -0.15) is 4.31 Å². The van der Waals surface area contributed by atoms with Crippen molar-refractivity contribution in [3.8, 4) is 0 Å². The summed E-state index contributed by atoms with van der Waals surface area (Å²) in [5.41, 5.74) is 1.43. The second-order valence-corrected chi connectivity index (χ2v) is 11.2. The number of carboxylic acids is 1. The maximum absolute atomic E-state index is 13.0. The van der Waals surface area contributed by atoms with Crippen LogP contribution in [0.3, 0.4) is 0 Å². The van der Waals surface area contributed by atoms with Gasteiger partial charge in [0.25, 0.3) is 10.0 Å². The fraction of sp³-hybridized carbons (Fsp3) is 0.381. The third-order valence-electron chi connectivity index (χ3n) is 5.23. The minimum atomic E-state index is -3.94. The number of hydrogen-bond acceptors (Lipinski definition) is 5. The lowest BCUT2D eigenvalue weighted by Crippen LogP contribution is -2.36. The van der Waals surface area contributed by atoms with Crippen molar-refractivity contribution in [3.05, 3.63) is 53.6 Å². The Kier molecular flexibility index (Phi) is 7.03. The smallest absolute Gasteiger partial charge is 0.303 e. The number of hydrogen-bond donors (Lipinski definition) is 2. The molecule has 2 aromatic rings. The maximum Gasteiger partial charge on any atom is 0.303 e. The van der Waals surface area contributed by atoms with Crippen LogP contribution in [0.25, 0.3) is 0 Å². The average molecular weight is 467 g/mol. The molecule has 1 heterocycles. The zero-order valence-corrected chi connectivity index (χ0v) is 18.9. The Bertz CT molecular complexity index is 1150. The molecule has 8 nitrogen and oxygen atoms in total. The van der Waals surface area contributed by atoms with Crippen molar-refractivity contribution in [3.63, 3.8) is 0 Å². The van der Waals surface area contributed by atoms with Gasteiger partial charge in [0.1, 0.15) is 0 Å². The summed E-state index contributed by atoms with van der Waals surface area (Å²) < 4.78 is 55.5. The highest BCUT2D eigenvalue weighted by Gasteiger charge is 2.28. The van der Waals surface area contributed by atoms with Crippen LogP contribution in [-0.4, -0.2) is 45.3 Å². The first-order valence-electron chi connectivity index (χ1n) is 10.0. The fourth-order valence-electron chi connectivity index (χ4n) is 3.49. The first kappa shape index (κ1) is 23.2. The number of rotatable bonds is 8. The van der Waals surface area contributed by atoms with E-state index >= 15 is 0 Å². The van der Waals surface area contributed by atoms with E-state index < -0.39 is 26.0 Å². The summed E-state index contributed by atoms with van der Waals surface area (Å²) >= 11 is 0. The standard InChI is InChI=1S/C21H26N2O6S2/c1-16-5-9-18(15-20(16)31(28,29)23-13-3-2-4-14-23)22-30(26,27)19-10-6-17(7-11-19)8-12-21(24)25/h5-7,9-11,15,22H,2-4,8,12-14H2,1H3,(H,24,25). The van der Waals surface area contributed by atoms with Crippen molar-refractivity contribution in [2.24, 2.45) is 0 Å². The van der Waals surface area contributed by atoms with Gasteiger partial charge < -0.3 is 5.11 Å². The molecule has 0 atom stereocenters. The topological polar surface area (TPSA) is 121 Å². The molecule has 3 rings (SSSR count). The van der Waals surface area contributed by atoms with Crippen LogP contribution in [0.1, 0.15) is 36.8 Å². The summed E-state index contributed by atoms with van der Waals surface area (Å²) in [5, 5.41) is 8.75. The molecule has 0 unspecified atom stereocenters. The molecule has 2 N–H and O–H groups in total. The highest BCUT2D eigenvalue weighted by atomic mass is 32.2. The number of anilines is 1. The van der Waals surface area contributed by atoms with Crippen molar-refractivity contribution in [1.82, 2.24) is 4.31 Å². The number of aryl methyl sites for hydroxylation is 2. The monoisotopic (exact) mass is 466 g/mol. The van der Waals surface area contributed by atoms with E-state index in [0.29, 0.717) is 30.6 Å². The number of carbonyl (C=O) groups is 1. The van der Waals surface area contributed by atoms with E-state index in [2.05, 4.69) is 4.72 Å². The van der Waals surface area contributed by atoms with Crippen LogP contribution in [-0.2, 0) is 31.3 Å². The Labute approximate surface area is 183 Å². The minimum absolute atomic E-state index is 0.00703. The number of aliphatic carboxylic acids is 1. The van der Waals surface area contributed by atoms with E-state index in [9.17, 15) is 21.6 Å². The van der Waals surface area contributed by atoms with Crippen LogP contribution in [0, 0.1) is 6.92 Å².